The summed E-state index contributed by atoms with van der Waals surface area (Å²) in [5, 5.41) is 3.89. The smallest absolute Gasteiger partial charge is 0.277 e. The van der Waals surface area contributed by atoms with Crippen LogP contribution in [0.25, 0.3) is 10.2 Å². The first-order chi connectivity index (χ1) is 9.63. The molecule has 0 atom stereocenters. The molecule has 0 saturated heterocycles. The lowest BCUT2D eigenvalue weighted by Gasteiger charge is -1.98. The zero-order chi connectivity index (χ0) is 14.1. The number of rotatable bonds is 2. The Kier molecular flexibility index (Phi) is 3.33. The average Bonchev–Trinajstić information content (AvgIpc) is 2.82. The van der Waals surface area contributed by atoms with Crippen LogP contribution in [0.1, 0.15) is 16.1 Å². The van der Waals surface area contributed by atoms with E-state index < -0.39 is 0 Å². The van der Waals surface area contributed by atoms with Crippen LogP contribution >= 0.6 is 22.9 Å². The van der Waals surface area contributed by atoms with Crippen LogP contribution < -0.4 is 5.32 Å². The molecule has 1 aromatic carbocycles. The van der Waals surface area contributed by atoms with Crippen molar-refractivity contribution in [3.63, 3.8) is 0 Å². The highest BCUT2D eigenvalue weighted by molar-refractivity contribution is 7.22. The quantitative estimate of drug-likeness (QED) is 0.788. The number of amides is 1. The Morgan fingerprint density at radius 1 is 1.35 bits per heavy atom. The molecule has 7 heteroatoms. The average molecular weight is 305 g/mol. The van der Waals surface area contributed by atoms with Gasteiger partial charge in [-0.05, 0) is 24.6 Å². The number of hydrogen-bond acceptors (Lipinski definition) is 5. The van der Waals surface area contributed by atoms with Crippen LogP contribution in [-0.4, -0.2) is 20.9 Å². The van der Waals surface area contributed by atoms with Crippen molar-refractivity contribution in [2.24, 2.45) is 0 Å². The predicted molar refractivity (Wildman–Crippen MR) is 79.4 cm³/mol. The van der Waals surface area contributed by atoms with Crippen molar-refractivity contribution in [3.8, 4) is 0 Å². The number of hydrogen-bond donors (Lipinski definition) is 1. The Morgan fingerprint density at radius 3 is 2.95 bits per heavy atom. The molecule has 0 unspecified atom stereocenters. The predicted octanol–water partition coefficient (Wildman–Crippen LogP) is 3.30. The highest BCUT2D eigenvalue weighted by atomic mass is 35.5. The first-order valence-electron chi connectivity index (χ1n) is 5.77. The zero-order valence-corrected chi connectivity index (χ0v) is 12.0. The summed E-state index contributed by atoms with van der Waals surface area (Å²) >= 11 is 7.38. The van der Waals surface area contributed by atoms with Crippen molar-refractivity contribution >= 4 is 44.2 Å². The second-order valence-electron chi connectivity index (χ2n) is 4.13. The third-order valence-electron chi connectivity index (χ3n) is 2.67. The molecule has 3 aromatic rings. The minimum Gasteiger partial charge on any atom is -0.296 e. The van der Waals surface area contributed by atoms with Crippen LogP contribution in [0.5, 0.6) is 0 Å². The van der Waals surface area contributed by atoms with Crippen molar-refractivity contribution in [3.05, 3.63) is 47.0 Å². The molecule has 0 radical (unpaired) electrons. The van der Waals surface area contributed by atoms with Gasteiger partial charge in [-0.25, -0.2) is 9.97 Å². The van der Waals surface area contributed by atoms with E-state index in [9.17, 15) is 4.79 Å². The van der Waals surface area contributed by atoms with Crippen LogP contribution in [0, 0.1) is 6.92 Å². The number of anilines is 1. The maximum Gasteiger partial charge on any atom is 0.277 e. The van der Waals surface area contributed by atoms with Gasteiger partial charge in [-0.3, -0.25) is 15.1 Å². The number of aromatic nitrogens is 3. The summed E-state index contributed by atoms with van der Waals surface area (Å²) in [7, 11) is 0. The number of carbonyl (C=O) groups excluding carboxylic acids is 1. The Hall–Kier alpha value is -2.05. The third kappa shape index (κ3) is 2.48. The molecule has 2 aromatic heterocycles. The SMILES string of the molecule is Cc1cc(Cl)cc2sc(NC(=O)c3cnccn3)nc12. The summed E-state index contributed by atoms with van der Waals surface area (Å²) in [4.78, 5) is 24.2. The lowest BCUT2D eigenvalue weighted by atomic mass is 10.2. The number of nitrogens with one attached hydrogen (secondary N) is 1. The summed E-state index contributed by atoms with van der Waals surface area (Å²) in [6.07, 6.45) is 4.39. The third-order valence-corrected chi connectivity index (χ3v) is 3.80. The number of carbonyl (C=O) groups is 1. The summed E-state index contributed by atoms with van der Waals surface area (Å²) in [6.45, 7) is 1.93. The topological polar surface area (TPSA) is 67.8 Å². The number of thiazole rings is 1. The van der Waals surface area contributed by atoms with Gasteiger partial charge >= 0.3 is 0 Å². The molecule has 0 aliphatic carbocycles. The van der Waals surface area contributed by atoms with Crippen LogP contribution in [0.4, 0.5) is 5.13 Å². The standard InChI is InChI=1S/C13H9ClN4OS/c1-7-4-8(14)5-10-11(7)17-13(20-10)18-12(19)9-6-15-2-3-16-9/h2-6H,1H3,(H,17,18,19). The van der Waals surface area contributed by atoms with Crippen molar-refractivity contribution in [2.45, 2.75) is 6.92 Å². The van der Waals surface area contributed by atoms with Crippen LogP contribution in [0.3, 0.4) is 0 Å². The maximum absolute atomic E-state index is 12.0. The van der Waals surface area contributed by atoms with Crippen molar-refractivity contribution in [1.29, 1.82) is 0 Å². The van der Waals surface area contributed by atoms with Crippen LogP contribution in [0.15, 0.2) is 30.7 Å². The van der Waals surface area contributed by atoms with Crippen LogP contribution in [0.2, 0.25) is 5.02 Å². The van der Waals surface area contributed by atoms with Gasteiger partial charge in [-0.2, -0.15) is 0 Å². The first-order valence-corrected chi connectivity index (χ1v) is 6.97. The zero-order valence-electron chi connectivity index (χ0n) is 10.4. The Labute approximate surface area is 123 Å². The number of aryl methyl sites for hydroxylation is 1. The van der Waals surface area contributed by atoms with Crippen molar-refractivity contribution in [1.82, 2.24) is 15.0 Å². The van der Waals surface area contributed by atoms with Gasteiger partial charge < -0.3 is 0 Å². The molecule has 5 nitrogen and oxygen atoms in total. The number of nitrogens with zero attached hydrogens (tertiary/aromatic N) is 3. The van der Waals surface area contributed by atoms with Gasteiger partial charge in [-0.1, -0.05) is 22.9 Å². The maximum atomic E-state index is 12.0. The molecule has 0 spiro atoms. The van der Waals surface area contributed by atoms with Gasteiger partial charge in [0.25, 0.3) is 5.91 Å². The minimum atomic E-state index is -0.332. The highest BCUT2D eigenvalue weighted by Gasteiger charge is 2.12. The second kappa shape index (κ2) is 5.15. The molecule has 100 valence electrons. The molecule has 0 fully saturated rings. The monoisotopic (exact) mass is 304 g/mol. The molecule has 20 heavy (non-hydrogen) atoms. The van der Waals surface area contributed by atoms with Gasteiger partial charge in [-0.15, -0.1) is 0 Å². The molecular weight excluding hydrogens is 296 g/mol. The largest absolute Gasteiger partial charge is 0.296 e. The van der Waals surface area contributed by atoms with E-state index in [-0.39, 0.29) is 11.6 Å². The van der Waals surface area contributed by atoms with E-state index in [0.717, 1.165) is 15.8 Å². The fourth-order valence-electron chi connectivity index (χ4n) is 1.79. The molecule has 3 rings (SSSR count). The number of fused-ring (bicyclic) bond motifs is 1. The molecule has 0 aliphatic heterocycles. The lowest BCUT2D eigenvalue weighted by Crippen LogP contribution is -2.13. The molecule has 0 aliphatic rings. The van der Waals surface area contributed by atoms with E-state index >= 15 is 0 Å². The van der Waals surface area contributed by atoms with Crippen molar-refractivity contribution < 1.29 is 4.79 Å². The number of halogens is 1. The summed E-state index contributed by atoms with van der Waals surface area (Å²) in [6, 6.07) is 3.68. The summed E-state index contributed by atoms with van der Waals surface area (Å²) in [5.74, 6) is -0.332. The van der Waals surface area contributed by atoms with Gasteiger partial charge in [0.15, 0.2) is 5.13 Å². The molecule has 0 bridgehead atoms. The second-order valence-corrected chi connectivity index (χ2v) is 5.60. The van der Waals surface area contributed by atoms with E-state index in [1.807, 2.05) is 19.1 Å². The molecule has 1 N–H and O–H groups in total. The highest BCUT2D eigenvalue weighted by Crippen LogP contribution is 2.31. The normalized spacial score (nSPS) is 10.7. The fraction of sp³-hybridized carbons (Fsp3) is 0.0769. The molecule has 0 saturated carbocycles. The van der Waals surface area contributed by atoms with E-state index in [0.29, 0.717) is 10.2 Å². The molecule has 1 amide bonds. The Bertz CT molecular complexity index is 788. The molecule has 2 heterocycles. The molecular formula is C13H9ClN4OS. The van der Waals surface area contributed by atoms with E-state index in [2.05, 4.69) is 20.3 Å². The summed E-state index contributed by atoms with van der Waals surface area (Å²) in [5.41, 5.74) is 2.07. The lowest BCUT2D eigenvalue weighted by molar-refractivity contribution is 0.102. The van der Waals surface area contributed by atoms with E-state index in [4.69, 9.17) is 11.6 Å². The fourth-order valence-corrected chi connectivity index (χ4v) is 3.10. The minimum absolute atomic E-state index is 0.251. The van der Waals surface area contributed by atoms with Crippen molar-refractivity contribution in [2.75, 3.05) is 5.32 Å². The van der Waals surface area contributed by atoms with Gasteiger partial charge in [0, 0.05) is 17.4 Å². The van der Waals surface area contributed by atoms with Gasteiger partial charge in [0.2, 0.25) is 0 Å². The van der Waals surface area contributed by atoms with Gasteiger partial charge in [0.05, 0.1) is 16.4 Å². The van der Waals surface area contributed by atoms with Crippen LogP contribution in [-0.2, 0) is 0 Å². The number of benzene rings is 1. The Balaban J connectivity index is 1.92. The first kappa shape index (κ1) is 13.0. The van der Waals surface area contributed by atoms with E-state index in [1.165, 1.54) is 29.9 Å². The van der Waals surface area contributed by atoms with Gasteiger partial charge in [0.1, 0.15) is 5.69 Å². The Morgan fingerprint density at radius 2 is 2.20 bits per heavy atom. The van der Waals surface area contributed by atoms with E-state index in [1.54, 1.807) is 0 Å². The summed E-state index contributed by atoms with van der Waals surface area (Å²) < 4.78 is 0.935.